The quantitative estimate of drug-likeness (QED) is 0.844. The maximum Gasteiger partial charge on any atom is 0.221 e. The Kier molecular flexibility index (Phi) is 6.48. The summed E-state index contributed by atoms with van der Waals surface area (Å²) in [7, 11) is 0. The summed E-state index contributed by atoms with van der Waals surface area (Å²) in [6, 6.07) is 5.48. The van der Waals surface area contributed by atoms with Crippen LogP contribution in [0.25, 0.3) is 0 Å². The molecule has 2 N–H and O–H groups in total. The Balaban J connectivity index is 2.79. The lowest BCUT2D eigenvalue weighted by atomic mass is 10.1. The first kappa shape index (κ1) is 16.1. The van der Waals surface area contributed by atoms with Crippen LogP contribution in [0.3, 0.4) is 0 Å². The summed E-state index contributed by atoms with van der Waals surface area (Å²) in [6.07, 6.45) is -0.525. The molecule has 19 heavy (non-hydrogen) atoms. The van der Waals surface area contributed by atoms with Crippen LogP contribution in [-0.2, 0) is 4.79 Å². The first-order valence-electron chi connectivity index (χ1n) is 6.45. The molecular formula is C14H21BrN2O2. The van der Waals surface area contributed by atoms with E-state index in [1.54, 1.807) is 6.07 Å². The normalized spacial score (nSPS) is 12.5. The van der Waals surface area contributed by atoms with E-state index in [1.807, 2.05) is 12.1 Å². The Morgan fingerprint density at radius 3 is 2.53 bits per heavy atom. The number of halogens is 1. The summed E-state index contributed by atoms with van der Waals surface area (Å²) in [5.74, 6) is -0.114. The minimum atomic E-state index is -0.525. The molecule has 0 radical (unpaired) electrons. The van der Waals surface area contributed by atoms with Crippen LogP contribution in [0.5, 0.6) is 0 Å². The van der Waals surface area contributed by atoms with Crippen molar-refractivity contribution in [1.29, 1.82) is 0 Å². The van der Waals surface area contributed by atoms with Crippen molar-refractivity contribution >= 4 is 27.5 Å². The molecule has 1 atom stereocenters. The van der Waals surface area contributed by atoms with Crippen LogP contribution in [0.15, 0.2) is 22.7 Å². The molecule has 0 fully saturated rings. The molecule has 0 bridgehead atoms. The molecule has 0 aromatic heterocycles. The third kappa shape index (κ3) is 4.93. The fraction of sp³-hybridized carbons (Fsp3) is 0.500. The van der Waals surface area contributed by atoms with Crippen molar-refractivity contribution in [3.63, 3.8) is 0 Å². The van der Waals surface area contributed by atoms with E-state index < -0.39 is 6.10 Å². The van der Waals surface area contributed by atoms with Crippen molar-refractivity contribution in [1.82, 2.24) is 4.90 Å². The molecule has 1 amide bonds. The van der Waals surface area contributed by atoms with Gasteiger partial charge in [0, 0.05) is 17.9 Å². The fourth-order valence-electron chi connectivity index (χ4n) is 1.86. The van der Waals surface area contributed by atoms with Crippen LogP contribution in [-0.4, -0.2) is 35.5 Å². The smallest absolute Gasteiger partial charge is 0.221 e. The first-order valence-corrected chi connectivity index (χ1v) is 7.24. The van der Waals surface area contributed by atoms with E-state index in [2.05, 4.69) is 40.0 Å². The second-order valence-electron chi connectivity index (χ2n) is 4.42. The number of carbonyl (C=O) groups excluding carboxylic acids is 1. The van der Waals surface area contributed by atoms with Gasteiger partial charge in [-0.2, -0.15) is 0 Å². The van der Waals surface area contributed by atoms with Gasteiger partial charge in [-0.15, -0.1) is 0 Å². The summed E-state index contributed by atoms with van der Waals surface area (Å²) in [5.41, 5.74) is 1.55. The molecule has 0 saturated carbocycles. The minimum absolute atomic E-state index is 0.114. The van der Waals surface area contributed by atoms with Gasteiger partial charge in [0.25, 0.3) is 0 Å². The number of benzene rings is 1. The molecule has 0 saturated heterocycles. The van der Waals surface area contributed by atoms with Crippen molar-refractivity contribution in [3.8, 4) is 0 Å². The monoisotopic (exact) mass is 328 g/mol. The van der Waals surface area contributed by atoms with Crippen molar-refractivity contribution in [2.24, 2.45) is 0 Å². The lowest BCUT2D eigenvalue weighted by Gasteiger charge is -2.22. The van der Waals surface area contributed by atoms with Gasteiger partial charge in [-0.05, 0) is 46.7 Å². The molecule has 1 unspecified atom stereocenters. The number of likely N-dealkylation sites (N-methyl/N-ethyl adjacent to an activating group) is 1. The number of amides is 1. The molecule has 4 nitrogen and oxygen atoms in total. The topological polar surface area (TPSA) is 52.6 Å². The van der Waals surface area contributed by atoms with Gasteiger partial charge in [0.15, 0.2) is 0 Å². The number of aliphatic hydroxyl groups excluding tert-OH is 1. The van der Waals surface area contributed by atoms with Gasteiger partial charge in [0.05, 0.1) is 11.8 Å². The van der Waals surface area contributed by atoms with E-state index in [0.29, 0.717) is 12.2 Å². The molecule has 1 aromatic rings. The molecule has 106 valence electrons. The predicted octanol–water partition coefficient (Wildman–Crippen LogP) is 2.78. The minimum Gasteiger partial charge on any atom is -0.387 e. The van der Waals surface area contributed by atoms with E-state index in [0.717, 1.165) is 23.1 Å². The Morgan fingerprint density at radius 1 is 1.42 bits per heavy atom. The molecule has 0 heterocycles. The van der Waals surface area contributed by atoms with Gasteiger partial charge in [-0.1, -0.05) is 19.9 Å². The largest absolute Gasteiger partial charge is 0.387 e. The summed E-state index contributed by atoms with van der Waals surface area (Å²) in [6.45, 7) is 8.06. The highest BCUT2D eigenvalue weighted by molar-refractivity contribution is 9.10. The van der Waals surface area contributed by atoms with Crippen molar-refractivity contribution < 1.29 is 9.90 Å². The number of rotatable bonds is 6. The highest BCUT2D eigenvalue weighted by atomic mass is 79.9. The van der Waals surface area contributed by atoms with Crippen LogP contribution >= 0.6 is 15.9 Å². The van der Waals surface area contributed by atoms with Crippen LogP contribution < -0.4 is 5.32 Å². The van der Waals surface area contributed by atoms with E-state index in [-0.39, 0.29) is 5.91 Å². The summed E-state index contributed by atoms with van der Waals surface area (Å²) in [4.78, 5) is 13.2. The number of anilines is 1. The highest BCUT2D eigenvalue weighted by Gasteiger charge is 2.13. The standard InChI is InChI=1S/C14H21BrN2O2/c1-4-17(5-2)9-14(19)11-6-7-13(12(15)8-11)16-10(3)18/h6-8,14,19H,4-5,9H2,1-3H3,(H,16,18). The molecule has 5 heteroatoms. The first-order chi connectivity index (χ1) is 8.97. The van der Waals surface area contributed by atoms with Crippen molar-refractivity contribution in [3.05, 3.63) is 28.2 Å². The van der Waals surface area contributed by atoms with E-state index in [1.165, 1.54) is 6.92 Å². The van der Waals surface area contributed by atoms with Crippen LogP contribution in [0.4, 0.5) is 5.69 Å². The molecule has 0 aliphatic rings. The number of aliphatic hydroxyl groups is 1. The van der Waals surface area contributed by atoms with Gasteiger partial charge in [-0.25, -0.2) is 0 Å². The van der Waals surface area contributed by atoms with Crippen molar-refractivity contribution in [2.45, 2.75) is 26.9 Å². The van der Waals surface area contributed by atoms with Crippen molar-refractivity contribution in [2.75, 3.05) is 25.0 Å². The maximum absolute atomic E-state index is 11.0. The number of nitrogens with one attached hydrogen (secondary N) is 1. The number of hydrogen-bond acceptors (Lipinski definition) is 3. The molecule has 0 spiro atoms. The maximum atomic E-state index is 11.0. The Bertz CT molecular complexity index is 433. The molecular weight excluding hydrogens is 308 g/mol. The summed E-state index contributed by atoms with van der Waals surface area (Å²) < 4.78 is 0.777. The highest BCUT2D eigenvalue weighted by Crippen LogP contribution is 2.26. The zero-order valence-electron chi connectivity index (χ0n) is 11.6. The second-order valence-corrected chi connectivity index (χ2v) is 5.28. The fourth-order valence-corrected chi connectivity index (χ4v) is 2.36. The summed E-state index contributed by atoms with van der Waals surface area (Å²) >= 11 is 3.40. The summed E-state index contributed by atoms with van der Waals surface area (Å²) in [5, 5.41) is 12.9. The predicted molar refractivity (Wildman–Crippen MR) is 81.2 cm³/mol. The third-order valence-electron chi connectivity index (χ3n) is 3.01. The molecule has 1 rings (SSSR count). The zero-order valence-corrected chi connectivity index (χ0v) is 13.2. The van der Waals surface area contributed by atoms with Gasteiger partial charge in [0.2, 0.25) is 5.91 Å². The lowest BCUT2D eigenvalue weighted by molar-refractivity contribution is -0.114. The second kappa shape index (κ2) is 7.62. The van der Waals surface area contributed by atoms with Gasteiger partial charge >= 0.3 is 0 Å². The lowest BCUT2D eigenvalue weighted by Crippen LogP contribution is -2.28. The molecule has 0 aliphatic heterocycles. The molecule has 1 aromatic carbocycles. The Morgan fingerprint density at radius 2 is 2.05 bits per heavy atom. The molecule has 0 aliphatic carbocycles. The van der Waals surface area contributed by atoms with E-state index in [9.17, 15) is 9.90 Å². The van der Waals surface area contributed by atoms with E-state index in [4.69, 9.17) is 0 Å². The van der Waals surface area contributed by atoms with Crippen LogP contribution in [0.2, 0.25) is 0 Å². The SMILES string of the molecule is CCN(CC)CC(O)c1ccc(NC(C)=O)c(Br)c1. The van der Waals surface area contributed by atoms with Gasteiger partial charge < -0.3 is 15.3 Å². The van der Waals surface area contributed by atoms with Gasteiger partial charge in [0.1, 0.15) is 0 Å². The zero-order chi connectivity index (χ0) is 14.4. The Hall–Kier alpha value is -0.910. The van der Waals surface area contributed by atoms with Crippen LogP contribution in [0, 0.1) is 0 Å². The Labute approximate surface area is 122 Å². The number of hydrogen-bond donors (Lipinski definition) is 2. The van der Waals surface area contributed by atoms with Gasteiger partial charge in [-0.3, -0.25) is 4.79 Å². The number of nitrogens with zero attached hydrogens (tertiary/aromatic N) is 1. The average Bonchev–Trinajstić information content (AvgIpc) is 2.37. The van der Waals surface area contributed by atoms with E-state index >= 15 is 0 Å². The van der Waals surface area contributed by atoms with Crippen LogP contribution in [0.1, 0.15) is 32.4 Å². The average molecular weight is 329 g/mol. The third-order valence-corrected chi connectivity index (χ3v) is 3.67. The number of carbonyl (C=O) groups is 1.